The van der Waals surface area contributed by atoms with Crippen molar-refractivity contribution in [3.05, 3.63) is 55.3 Å². The molecule has 2 aromatic carbocycles. The number of benzene rings is 2. The second-order valence-corrected chi connectivity index (χ2v) is 9.67. The van der Waals surface area contributed by atoms with Crippen LogP contribution in [-0.2, 0) is 17.6 Å². The quantitative estimate of drug-likeness (QED) is 0.456. The van der Waals surface area contributed by atoms with Crippen LogP contribution in [0.2, 0.25) is 0 Å². The van der Waals surface area contributed by atoms with E-state index < -0.39 is 5.91 Å². The third kappa shape index (κ3) is 4.20. The Kier molecular flexibility index (Phi) is 5.94. The van der Waals surface area contributed by atoms with Gasteiger partial charge in [0.2, 0.25) is 0 Å². The normalized spacial score (nSPS) is 13.2. The van der Waals surface area contributed by atoms with Gasteiger partial charge in [-0.2, -0.15) is 0 Å². The maximum absolute atomic E-state index is 12.5. The molecule has 150 valence electrons. The lowest BCUT2D eigenvalue weighted by Gasteiger charge is -2.12. The molecule has 0 saturated heterocycles. The monoisotopic (exact) mass is 536 g/mol. The molecule has 5 nitrogen and oxygen atoms in total. The molecule has 3 aromatic rings. The number of anilines is 1. The smallest absolute Gasteiger partial charge is 0.262 e. The molecule has 4 rings (SSSR count). The highest BCUT2D eigenvalue weighted by molar-refractivity contribution is 9.11. The standard InChI is InChI=1S/C21H18Br2N2O3S/c22-12-6-7-13-11(9-12)5-8-15(19(13)23)28-10-17(26)25-21-18(20(24)27)14-3-1-2-4-16(14)29-21/h5-9H,1-4,10H2,(H2,24,27)(H,25,26). The topological polar surface area (TPSA) is 81.4 Å². The fourth-order valence-corrected chi connectivity index (χ4v) is 5.87. The van der Waals surface area contributed by atoms with Gasteiger partial charge in [0.15, 0.2) is 6.61 Å². The van der Waals surface area contributed by atoms with Gasteiger partial charge in [-0.25, -0.2) is 0 Å². The average Bonchev–Trinajstić information content (AvgIpc) is 3.05. The number of rotatable bonds is 5. The Labute approximate surface area is 188 Å². The van der Waals surface area contributed by atoms with Crippen LogP contribution in [0.3, 0.4) is 0 Å². The molecule has 0 unspecified atom stereocenters. The second kappa shape index (κ2) is 8.45. The van der Waals surface area contributed by atoms with E-state index in [1.165, 1.54) is 11.3 Å². The number of nitrogens with two attached hydrogens (primary N) is 1. The van der Waals surface area contributed by atoms with Gasteiger partial charge in [0.25, 0.3) is 11.8 Å². The van der Waals surface area contributed by atoms with Crippen molar-refractivity contribution >= 4 is 70.8 Å². The second-order valence-electron chi connectivity index (χ2n) is 6.86. The molecule has 0 radical (unpaired) electrons. The molecule has 3 N–H and O–H groups in total. The van der Waals surface area contributed by atoms with Gasteiger partial charge in [-0.1, -0.05) is 28.1 Å². The number of fused-ring (bicyclic) bond motifs is 2. The molecule has 0 fully saturated rings. The van der Waals surface area contributed by atoms with Crippen molar-refractivity contribution in [1.82, 2.24) is 0 Å². The predicted molar refractivity (Wildman–Crippen MR) is 123 cm³/mol. The van der Waals surface area contributed by atoms with Gasteiger partial charge >= 0.3 is 0 Å². The molecular weight excluding hydrogens is 520 g/mol. The van der Waals surface area contributed by atoms with Crippen LogP contribution >= 0.6 is 43.2 Å². The zero-order valence-electron chi connectivity index (χ0n) is 15.4. The van der Waals surface area contributed by atoms with Crippen molar-refractivity contribution in [2.45, 2.75) is 25.7 Å². The first kappa shape index (κ1) is 20.4. The first-order valence-electron chi connectivity index (χ1n) is 9.19. The van der Waals surface area contributed by atoms with E-state index in [4.69, 9.17) is 10.5 Å². The number of nitrogens with one attached hydrogen (secondary N) is 1. The molecule has 8 heteroatoms. The summed E-state index contributed by atoms with van der Waals surface area (Å²) in [6, 6.07) is 9.71. The van der Waals surface area contributed by atoms with Gasteiger partial charge in [-0.15, -0.1) is 11.3 Å². The number of aryl methyl sites for hydroxylation is 1. The number of primary amides is 1. The van der Waals surface area contributed by atoms with Crippen molar-refractivity contribution in [2.75, 3.05) is 11.9 Å². The Morgan fingerprint density at radius 3 is 2.72 bits per heavy atom. The first-order valence-corrected chi connectivity index (χ1v) is 11.6. The van der Waals surface area contributed by atoms with Crippen LogP contribution in [0.15, 0.2) is 39.3 Å². The van der Waals surface area contributed by atoms with E-state index in [9.17, 15) is 9.59 Å². The minimum Gasteiger partial charge on any atom is -0.483 e. The van der Waals surface area contributed by atoms with Crippen LogP contribution in [0, 0.1) is 0 Å². The number of hydrogen-bond acceptors (Lipinski definition) is 4. The number of halogens is 2. The summed E-state index contributed by atoms with van der Waals surface area (Å²) in [6.45, 7) is -0.165. The van der Waals surface area contributed by atoms with Crippen molar-refractivity contribution in [2.24, 2.45) is 5.73 Å². The first-order chi connectivity index (χ1) is 13.9. The summed E-state index contributed by atoms with van der Waals surface area (Å²) in [5, 5.41) is 5.39. The van der Waals surface area contributed by atoms with Gasteiger partial charge in [-0.05, 0) is 76.1 Å². The Hall–Kier alpha value is -1.90. The van der Waals surface area contributed by atoms with E-state index in [-0.39, 0.29) is 12.5 Å². The summed E-state index contributed by atoms with van der Waals surface area (Å²) in [6.07, 6.45) is 3.88. The van der Waals surface area contributed by atoms with Crippen LogP contribution in [0.1, 0.15) is 33.6 Å². The number of carbonyl (C=O) groups excluding carboxylic acids is 2. The maximum Gasteiger partial charge on any atom is 0.262 e. The van der Waals surface area contributed by atoms with Gasteiger partial charge < -0.3 is 15.8 Å². The average molecular weight is 538 g/mol. The molecule has 1 aromatic heterocycles. The van der Waals surface area contributed by atoms with Crippen LogP contribution in [0.4, 0.5) is 5.00 Å². The lowest BCUT2D eigenvalue weighted by atomic mass is 9.95. The molecule has 1 heterocycles. The highest BCUT2D eigenvalue weighted by Gasteiger charge is 2.25. The Morgan fingerprint density at radius 1 is 1.14 bits per heavy atom. The Balaban J connectivity index is 1.49. The van der Waals surface area contributed by atoms with E-state index in [1.807, 2.05) is 30.3 Å². The molecule has 0 aliphatic heterocycles. The van der Waals surface area contributed by atoms with E-state index in [0.717, 1.165) is 55.8 Å². The third-order valence-electron chi connectivity index (χ3n) is 4.91. The van der Waals surface area contributed by atoms with Crippen molar-refractivity contribution in [3.8, 4) is 5.75 Å². The number of hydrogen-bond donors (Lipinski definition) is 2. The Bertz CT molecular complexity index is 1130. The minimum atomic E-state index is -0.496. The van der Waals surface area contributed by atoms with Gasteiger partial charge in [0.05, 0.1) is 10.0 Å². The number of ether oxygens (including phenoxy) is 1. The van der Waals surface area contributed by atoms with Crippen LogP contribution in [0.5, 0.6) is 5.75 Å². The SMILES string of the molecule is NC(=O)c1c(NC(=O)COc2ccc3cc(Br)ccc3c2Br)sc2c1CCCC2. The highest BCUT2D eigenvalue weighted by atomic mass is 79.9. The van der Waals surface area contributed by atoms with Gasteiger partial charge in [0.1, 0.15) is 10.8 Å². The van der Waals surface area contributed by atoms with Crippen LogP contribution < -0.4 is 15.8 Å². The fourth-order valence-electron chi connectivity index (χ4n) is 3.57. The maximum atomic E-state index is 12.5. The molecule has 29 heavy (non-hydrogen) atoms. The zero-order chi connectivity index (χ0) is 20.5. The van der Waals surface area contributed by atoms with Crippen molar-refractivity contribution in [3.63, 3.8) is 0 Å². The molecule has 0 saturated carbocycles. The number of amides is 2. The summed E-state index contributed by atoms with van der Waals surface area (Å²) in [5.74, 6) is -0.242. The molecule has 0 atom stereocenters. The van der Waals surface area contributed by atoms with Gasteiger partial charge in [-0.3, -0.25) is 9.59 Å². The van der Waals surface area contributed by atoms with E-state index in [1.54, 1.807) is 0 Å². The van der Waals surface area contributed by atoms with Gasteiger partial charge in [0, 0.05) is 9.35 Å². The number of thiophene rings is 1. The number of carbonyl (C=O) groups is 2. The molecule has 1 aliphatic rings. The molecule has 1 aliphatic carbocycles. The van der Waals surface area contributed by atoms with E-state index in [2.05, 4.69) is 37.2 Å². The summed E-state index contributed by atoms with van der Waals surface area (Å²) >= 11 is 8.47. The lowest BCUT2D eigenvalue weighted by molar-refractivity contribution is -0.118. The summed E-state index contributed by atoms with van der Waals surface area (Å²) < 4.78 is 7.52. The minimum absolute atomic E-state index is 0.165. The summed E-state index contributed by atoms with van der Waals surface area (Å²) in [5.41, 5.74) is 7.03. The largest absolute Gasteiger partial charge is 0.483 e. The zero-order valence-corrected chi connectivity index (χ0v) is 19.4. The summed E-state index contributed by atoms with van der Waals surface area (Å²) in [4.78, 5) is 25.6. The van der Waals surface area contributed by atoms with Crippen LogP contribution in [0.25, 0.3) is 10.8 Å². The van der Waals surface area contributed by atoms with Crippen LogP contribution in [-0.4, -0.2) is 18.4 Å². The molecule has 0 spiro atoms. The Morgan fingerprint density at radius 2 is 1.93 bits per heavy atom. The highest BCUT2D eigenvalue weighted by Crippen LogP contribution is 2.38. The lowest BCUT2D eigenvalue weighted by Crippen LogP contribution is -2.22. The van der Waals surface area contributed by atoms with E-state index in [0.29, 0.717) is 16.3 Å². The third-order valence-corrected chi connectivity index (χ3v) is 7.43. The van der Waals surface area contributed by atoms with Crippen molar-refractivity contribution < 1.29 is 14.3 Å². The summed E-state index contributed by atoms with van der Waals surface area (Å²) in [7, 11) is 0. The van der Waals surface area contributed by atoms with Crippen molar-refractivity contribution in [1.29, 1.82) is 0 Å². The van der Waals surface area contributed by atoms with E-state index >= 15 is 0 Å². The molecular formula is C21H18Br2N2O3S. The molecule has 0 bridgehead atoms. The predicted octanol–water partition coefficient (Wildman–Crippen LogP) is 5.42. The fraction of sp³-hybridized carbons (Fsp3) is 0.238. The molecule has 2 amide bonds.